The Morgan fingerprint density at radius 1 is 1.23 bits per heavy atom. The average Bonchev–Trinajstić information content (AvgIpc) is 3.17. The minimum Gasteiger partial charge on any atom is -0.480 e. The molecule has 2 amide bonds. The van der Waals surface area contributed by atoms with Gasteiger partial charge in [0.25, 0.3) is 0 Å². The molecule has 7 nitrogen and oxygen atoms in total. The first kappa shape index (κ1) is 19.2. The van der Waals surface area contributed by atoms with E-state index in [-0.39, 0.29) is 35.8 Å². The summed E-state index contributed by atoms with van der Waals surface area (Å²) < 4.78 is -0.613. The van der Waals surface area contributed by atoms with Gasteiger partial charge >= 0.3 is 5.97 Å². The van der Waals surface area contributed by atoms with Crippen molar-refractivity contribution in [1.29, 1.82) is 0 Å². The van der Waals surface area contributed by atoms with Crippen LogP contribution in [0.25, 0.3) is 0 Å². The number of amides is 2. The monoisotopic (exact) mass is 377 g/mol. The van der Waals surface area contributed by atoms with E-state index in [4.69, 9.17) is 0 Å². The number of hydrogen-bond acceptors (Lipinski definition) is 5. The Kier molecular flexibility index (Phi) is 5.33. The molecule has 0 aromatic heterocycles. The first-order valence-electron chi connectivity index (χ1n) is 8.49. The topological polar surface area (TPSA) is 104 Å². The summed E-state index contributed by atoms with van der Waals surface area (Å²) >= 11 is 1.39. The van der Waals surface area contributed by atoms with Crippen molar-refractivity contribution in [3.63, 3.8) is 0 Å². The summed E-state index contributed by atoms with van der Waals surface area (Å²) in [5, 5.41) is 11.7. The van der Waals surface area contributed by atoms with Crippen LogP contribution in [0.3, 0.4) is 0 Å². The SMILES string of the molecule is CC1(C)S[C@@H]2[C@H](NC(=O)CCCC(=O)[C]3[CH][CH][CH][CH]3)C(=O)N2[C@H]1C(=O)O. The summed E-state index contributed by atoms with van der Waals surface area (Å²) in [6.07, 6.45) is 7.89. The second-order valence-corrected chi connectivity index (χ2v) is 8.86. The zero-order valence-corrected chi connectivity index (χ0v) is 15.4. The molecular weight excluding hydrogens is 356 g/mol. The van der Waals surface area contributed by atoms with Crippen LogP contribution in [0.4, 0.5) is 0 Å². The number of nitrogens with one attached hydrogen (secondary N) is 1. The number of β-lactam (4-membered cyclic amide) rings is 1. The van der Waals surface area contributed by atoms with Crippen LogP contribution in [0.15, 0.2) is 0 Å². The van der Waals surface area contributed by atoms with Gasteiger partial charge in [-0.2, -0.15) is 0 Å². The Balaban J connectivity index is 1.46. The molecule has 2 N–H and O–H groups in total. The van der Waals surface area contributed by atoms with Gasteiger partial charge in [-0.3, -0.25) is 14.4 Å². The lowest BCUT2D eigenvalue weighted by molar-refractivity contribution is -0.161. The van der Waals surface area contributed by atoms with E-state index in [2.05, 4.69) is 5.32 Å². The first-order chi connectivity index (χ1) is 12.2. The predicted molar refractivity (Wildman–Crippen MR) is 95.0 cm³/mol. The third-order valence-corrected chi connectivity index (χ3v) is 6.36. The number of rotatable bonds is 7. The molecule has 3 aliphatic rings. The van der Waals surface area contributed by atoms with Crippen LogP contribution in [-0.4, -0.2) is 55.8 Å². The van der Waals surface area contributed by atoms with Crippen molar-refractivity contribution >= 4 is 35.3 Å². The Morgan fingerprint density at radius 3 is 2.50 bits per heavy atom. The van der Waals surface area contributed by atoms with E-state index in [1.54, 1.807) is 39.5 Å². The molecule has 8 heteroatoms. The maximum absolute atomic E-state index is 12.3. The van der Waals surface area contributed by atoms with Crippen LogP contribution < -0.4 is 5.32 Å². The number of carbonyl (C=O) groups excluding carboxylic acids is 3. The van der Waals surface area contributed by atoms with Crippen LogP contribution in [0, 0.1) is 31.6 Å². The van der Waals surface area contributed by atoms with Crippen LogP contribution in [-0.2, 0) is 19.2 Å². The Morgan fingerprint density at radius 2 is 1.88 bits per heavy atom. The van der Waals surface area contributed by atoms with Crippen molar-refractivity contribution in [2.45, 2.75) is 55.3 Å². The van der Waals surface area contributed by atoms with Crippen molar-refractivity contribution in [1.82, 2.24) is 10.2 Å². The van der Waals surface area contributed by atoms with Crippen molar-refractivity contribution < 1.29 is 24.3 Å². The highest BCUT2D eigenvalue weighted by Gasteiger charge is 2.64. The van der Waals surface area contributed by atoms with Gasteiger partial charge in [-0.25, -0.2) is 4.79 Å². The second-order valence-electron chi connectivity index (χ2n) is 7.09. The number of carboxylic acid groups (broad SMARTS) is 1. The van der Waals surface area contributed by atoms with Gasteiger partial charge in [-0.05, 0) is 46.0 Å². The quantitative estimate of drug-likeness (QED) is 0.635. The number of hydrogen-bond donors (Lipinski definition) is 2. The molecule has 0 spiro atoms. The average molecular weight is 377 g/mol. The number of fused-ring (bicyclic) bond motifs is 1. The first-order valence-corrected chi connectivity index (χ1v) is 9.37. The van der Waals surface area contributed by atoms with E-state index in [0.717, 1.165) is 0 Å². The third-order valence-electron chi connectivity index (χ3n) is 4.78. The number of aliphatic carboxylic acids is 1. The maximum Gasteiger partial charge on any atom is 0.327 e. The van der Waals surface area contributed by atoms with E-state index in [0.29, 0.717) is 12.3 Å². The van der Waals surface area contributed by atoms with E-state index in [1.165, 1.54) is 16.7 Å². The summed E-state index contributed by atoms with van der Waals surface area (Å²) in [5.74, 6) is -1.06. The predicted octanol–water partition coefficient (Wildman–Crippen LogP) is 0.763. The molecule has 1 saturated carbocycles. The minimum absolute atomic E-state index is 0.00825. The van der Waals surface area contributed by atoms with E-state index in [9.17, 15) is 24.3 Å². The molecule has 1 aliphatic carbocycles. The number of carboxylic acids is 1. The molecule has 3 rings (SSSR count). The summed E-state index contributed by atoms with van der Waals surface area (Å²) in [7, 11) is 0. The fourth-order valence-corrected chi connectivity index (χ4v) is 5.13. The van der Waals surface area contributed by atoms with Gasteiger partial charge in [-0.15, -0.1) is 11.8 Å². The van der Waals surface area contributed by atoms with Gasteiger partial charge < -0.3 is 15.3 Å². The van der Waals surface area contributed by atoms with Gasteiger partial charge in [0, 0.05) is 23.5 Å². The molecule has 0 aromatic rings. The number of nitrogens with zero attached hydrogens (tertiary/aromatic N) is 1. The Bertz CT molecular complexity index is 629. The normalized spacial score (nSPS) is 30.0. The van der Waals surface area contributed by atoms with Gasteiger partial charge in [0.1, 0.15) is 23.2 Å². The second kappa shape index (κ2) is 7.21. The fraction of sp³-hybridized carbons (Fsp3) is 0.500. The lowest BCUT2D eigenvalue weighted by Crippen LogP contribution is -2.70. The molecule has 139 valence electrons. The number of Topliss-reactive ketones (excluding diaryl/α,β-unsaturated/α-hetero) is 1. The van der Waals surface area contributed by atoms with Crippen LogP contribution in [0.1, 0.15) is 33.1 Å². The lowest BCUT2D eigenvalue weighted by atomic mass is 9.95. The van der Waals surface area contributed by atoms with E-state index < -0.39 is 22.8 Å². The zero-order valence-electron chi connectivity index (χ0n) is 14.6. The van der Waals surface area contributed by atoms with Crippen LogP contribution in [0.2, 0.25) is 0 Å². The highest BCUT2D eigenvalue weighted by molar-refractivity contribution is 8.01. The Hall–Kier alpha value is -1.57. The number of carbonyl (C=O) groups is 4. The van der Waals surface area contributed by atoms with Crippen LogP contribution >= 0.6 is 11.8 Å². The molecule has 3 atom stereocenters. The van der Waals surface area contributed by atoms with Gasteiger partial charge in [0.15, 0.2) is 0 Å². The molecule has 2 heterocycles. The molecule has 0 bridgehead atoms. The fourth-order valence-electron chi connectivity index (χ4n) is 3.50. The summed E-state index contributed by atoms with van der Waals surface area (Å²) in [5.41, 5.74) is 0. The van der Waals surface area contributed by atoms with E-state index >= 15 is 0 Å². The van der Waals surface area contributed by atoms with Gasteiger partial charge in [0.05, 0.1) is 0 Å². The van der Waals surface area contributed by atoms with Crippen molar-refractivity contribution in [2.75, 3.05) is 0 Å². The third kappa shape index (κ3) is 3.48. The highest BCUT2D eigenvalue weighted by Crippen LogP contribution is 2.50. The molecule has 2 saturated heterocycles. The molecule has 3 fully saturated rings. The molecule has 0 unspecified atom stereocenters. The van der Waals surface area contributed by atoms with E-state index in [1.807, 2.05) is 0 Å². The minimum atomic E-state index is -1.03. The molecule has 5 radical (unpaired) electrons. The van der Waals surface area contributed by atoms with Crippen molar-refractivity contribution in [2.24, 2.45) is 0 Å². The molecule has 26 heavy (non-hydrogen) atoms. The molecule has 0 aromatic carbocycles. The molecule has 2 aliphatic heterocycles. The number of thioether (sulfide) groups is 1. The van der Waals surface area contributed by atoms with Crippen molar-refractivity contribution in [3.8, 4) is 0 Å². The van der Waals surface area contributed by atoms with Crippen molar-refractivity contribution in [3.05, 3.63) is 31.6 Å². The Labute approximate surface area is 157 Å². The number of ketones is 1. The highest BCUT2D eigenvalue weighted by atomic mass is 32.2. The van der Waals surface area contributed by atoms with Gasteiger partial charge in [-0.1, -0.05) is 0 Å². The van der Waals surface area contributed by atoms with Gasteiger partial charge in [0.2, 0.25) is 11.8 Å². The summed E-state index contributed by atoms with van der Waals surface area (Å²) in [4.78, 5) is 49.1. The standard InChI is InChI=1S/C18H21N2O5S/c1-18(2)14(17(24)25)20-15(23)13(16(20)26-18)19-12(22)9-5-8-11(21)10-6-3-4-7-10/h3-4,6-7,13-14,16H,5,8-9H2,1-2H3,(H,19,22)(H,24,25)/t13-,14+,16-/m1/s1. The molecular formula is C18H21N2O5S. The van der Waals surface area contributed by atoms with Crippen LogP contribution in [0.5, 0.6) is 0 Å². The summed E-state index contributed by atoms with van der Waals surface area (Å²) in [6.45, 7) is 3.58. The lowest BCUT2D eigenvalue weighted by Gasteiger charge is -2.43. The summed E-state index contributed by atoms with van der Waals surface area (Å²) in [6, 6.07) is -1.58. The maximum atomic E-state index is 12.3. The zero-order chi connectivity index (χ0) is 19.1. The largest absolute Gasteiger partial charge is 0.480 e. The smallest absolute Gasteiger partial charge is 0.327 e.